The second-order valence-corrected chi connectivity index (χ2v) is 3.68. The normalized spacial score (nSPS) is 11.4. The monoisotopic (exact) mass is 256 g/mol. The Morgan fingerprint density at radius 3 is 2.38 bits per heavy atom. The molecule has 0 aliphatic heterocycles. The first kappa shape index (κ1) is 16.7. The van der Waals surface area contributed by atoms with E-state index in [-0.39, 0.29) is 64.1 Å². The van der Waals surface area contributed by atoms with Crippen LogP contribution < -0.4 is 56.8 Å². The van der Waals surface area contributed by atoms with Crippen molar-refractivity contribution in [2.45, 2.75) is 26.6 Å². The Hall–Kier alpha value is 0.671. The minimum absolute atomic E-state index is 0. The summed E-state index contributed by atoms with van der Waals surface area (Å²) in [6, 6.07) is 5.26. The number of halogens is 3. The van der Waals surface area contributed by atoms with Crippen molar-refractivity contribution < 1.29 is 69.1 Å². The standard InChI is InChI=1S/C10H13BF3O.K/c1-8(2)15-7-9-4-3-5-10(6-9)11(12,13)14;/h3-6,8H,7H2,1-2H3;/q-1;+1. The van der Waals surface area contributed by atoms with Gasteiger partial charge in [0.25, 0.3) is 0 Å². The smallest absolute Gasteiger partial charge is 0.445 e. The van der Waals surface area contributed by atoms with Gasteiger partial charge in [0.05, 0.1) is 12.7 Å². The van der Waals surface area contributed by atoms with Gasteiger partial charge in [-0.15, -0.1) is 5.46 Å². The van der Waals surface area contributed by atoms with Crippen LogP contribution in [0.5, 0.6) is 0 Å². The fourth-order valence-corrected chi connectivity index (χ4v) is 1.15. The largest absolute Gasteiger partial charge is 1.00 e. The second-order valence-electron chi connectivity index (χ2n) is 3.68. The van der Waals surface area contributed by atoms with Gasteiger partial charge < -0.3 is 17.7 Å². The first-order valence-electron chi connectivity index (χ1n) is 4.80. The summed E-state index contributed by atoms with van der Waals surface area (Å²) in [6.07, 6.45) is 0.0186. The van der Waals surface area contributed by atoms with E-state index in [4.69, 9.17) is 4.74 Å². The van der Waals surface area contributed by atoms with Crippen LogP contribution >= 0.6 is 0 Å². The average molecular weight is 256 g/mol. The van der Waals surface area contributed by atoms with E-state index >= 15 is 0 Å². The zero-order valence-corrected chi connectivity index (χ0v) is 12.8. The Labute approximate surface area is 136 Å². The molecular formula is C10H13BF3KO. The van der Waals surface area contributed by atoms with Gasteiger partial charge in [-0.05, 0) is 19.4 Å². The molecule has 6 heteroatoms. The molecule has 1 rings (SSSR count). The molecule has 1 nitrogen and oxygen atoms in total. The van der Waals surface area contributed by atoms with Crippen molar-refractivity contribution in [1.82, 2.24) is 0 Å². The SMILES string of the molecule is CC(C)OCc1cccc([B-](F)(F)F)c1.[K+]. The molecule has 0 saturated carbocycles. The predicted molar refractivity (Wildman–Crippen MR) is 55.1 cm³/mol. The Kier molecular flexibility index (Phi) is 7.48. The molecule has 0 aliphatic carbocycles. The molecule has 1 aromatic carbocycles. The van der Waals surface area contributed by atoms with E-state index in [1.165, 1.54) is 6.07 Å². The van der Waals surface area contributed by atoms with Crippen molar-refractivity contribution in [2.75, 3.05) is 0 Å². The number of ether oxygens (including phenoxy) is 1. The molecule has 84 valence electrons. The molecule has 0 atom stereocenters. The molecule has 1 aromatic rings. The summed E-state index contributed by atoms with van der Waals surface area (Å²) in [5.41, 5.74) is -0.0137. The number of hydrogen-bond donors (Lipinski definition) is 0. The van der Waals surface area contributed by atoms with Gasteiger partial charge in [-0.2, -0.15) is 0 Å². The molecule has 0 saturated heterocycles. The molecule has 0 aromatic heterocycles. The molecule has 0 amide bonds. The second kappa shape index (κ2) is 7.18. The zero-order chi connectivity index (χ0) is 11.5. The molecule has 16 heavy (non-hydrogen) atoms. The molecule has 0 N–H and O–H groups in total. The van der Waals surface area contributed by atoms with Crippen molar-refractivity contribution in [3.05, 3.63) is 29.8 Å². The number of rotatable bonds is 4. The van der Waals surface area contributed by atoms with Gasteiger partial charge in [-0.3, -0.25) is 0 Å². The Bertz CT molecular complexity index is 328. The summed E-state index contributed by atoms with van der Waals surface area (Å²) < 4.78 is 42.4. The number of hydrogen-bond acceptors (Lipinski definition) is 1. The van der Waals surface area contributed by atoms with Crippen LogP contribution in [0.3, 0.4) is 0 Å². The molecule has 0 bridgehead atoms. The van der Waals surface area contributed by atoms with Gasteiger partial charge in [0.1, 0.15) is 0 Å². The van der Waals surface area contributed by atoms with Crippen molar-refractivity contribution >= 4 is 12.4 Å². The van der Waals surface area contributed by atoms with Crippen molar-refractivity contribution in [3.8, 4) is 0 Å². The predicted octanol–water partition coefficient (Wildman–Crippen LogP) is -0.330. The van der Waals surface area contributed by atoms with E-state index < -0.39 is 12.4 Å². The first-order valence-corrected chi connectivity index (χ1v) is 4.80. The topological polar surface area (TPSA) is 9.23 Å². The minimum atomic E-state index is -4.91. The van der Waals surface area contributed by atoms with E-state index in [1.54, 1.807) is 6.07 Å². The average Bonchev–Trinajstić information content (AvgIpc) is 2.14. The fraction of sp³-hybridized carbons (Fsp3) is 0.400. The van der Waals surface area contributed by atoms with Crippen molar-refractivity contribution in [2.24, 2.45) is 0 Å². The molecule has 0 fully saturated rings. The molecule has 0 aliphatic rings. The third kappa shape index (κ3) is 5.84. The van der Waals surface area contributed by atoms with Crippen molar-refractivity contribution in [3.63, 3.8) is 0 Å². The van der Waals surface area contributed by atoms with Gasteiger partial charge in [0.2, 0.25) is 0 Å². The Balaban J connectivity index is 0.00000225. The third-order valence-electron chi connectivity index (χ3n) is 1.91. The summed E-state index contributed by atoms with van der Waals surface area (Å²) in [5, 5.41) is 0. The van der Waals surface area contributed by atoms with Gasteiger partial charge in [0, 0.05) is 0 Å². The maximum absolute atomic E-state index is 12.4. The Morgan fingerprint density at radius 2 is 1.88 bits per heavy atom. The van der Waals surface area contributed by atoms with Gasteiger partial charge in [-0.1, -0.05) is 24.3 Å². The minimum Gasteiger partial charge on any atom is -0.445 e. The van der Waals surface area contributed by atoms with Gasteiger partial charge in [-0.25, -0.2) is 0 Å². The number of benzene rings is 1. The summed E-state index contributed by atoms with van der Waals surface area (Å²) in [7, 11) is 0. The quantitative estimate of drug-likeness (QED) is 0.670. The third-order valence-corrected chi connectivity index (χ3v) is 1.91. The van der Waals surface area contributed by atoms with Crippen LogP contribution in [0.15, 0.2) is 24.3 Å². The molecular weight excluding hydrogens is 243 g/mol. The van der Waals surface area contributed by atoms with Crippen LogP contribution in [-0.4, -0.2) is 13.1 Å². The van der Waals surface area contributed by atoms with Crippen LogP contribution in [0.25, 0.3) is 0 Å². The summed E-state index contributed by atoms with van der Waals surface area (Å²) in [4.78, 5) is 0. The van der Waals surface area contributed by atoms with E-state index in [9.17, 15) is 12.9 Å². The van der Waals surface area contributed by atoms with Gasteiger partial charge >= 0.3 is 58.4 Å². The zero-order valence-electron chi connectivity index (χ0n) is 9.71. The van der Waals surface area contributed by atoms with E-state index in [0.717, 1.165) is 12.1 Å². The van der Waals surface area contributed by atoms with Crippen molar-refractivity contribution in [1.29, 1.82) is 0 Å². The van der Waals surface area contributed by atoms with Crippen LogP contribution in [0.1, 0.15) is 19.4 Å². The van der Waals surface area contributed by atoms with Gasteiger partial charge in [0.15, 0.2) is 0 Å². The molecule has 0 spiro atoms. The maximum atomic E-state index is 12.4. The molecule has 0 heterocycles. The van der Waals surface area contributed by atoms with E-state index in [1.807, 2.05) is 13.8 Å². The molecule has 0 unspecified atom stereocenters. The van der Waals surface area contributed by atoms with E-state index in [2.05, 4.69) is 0 Å². The van der Waals surface area contributed by atoms with Crippen LogP contribution in [0.2, 0.25) is 0 Å². The van der Waals surface area contributed by atoms with Crippen LogP contribution in [0, 0.1) is 0 Å². The maximum Gasteiger partial charge on any atom is 1.00 e. The van der Waals surface area contributed by atoms with E-state index in [0.29, 0.717) is 5.56 Å². The Morgan fingerprint density at radius 1 is 1.25 bits per heavy atom. The summed E-state index contributed by atoms with van der Waals surface area (Å²) in [6.45, 7) is -1.00. The van der Waals surface area contributed by atoms with Crippen LogP contribution in [-0.2, 0) is 11.3 Å². The summed E-state index contributed by atoms with van der Waals surface area (Å²) >= 11 is 0. The molecule has 0 radical (unpaired) electrons. The van der Waals surface area contributed by atoms with Crippen LogP contribution in [0.4, 0.5) is 12.9 Å². The summed E-state index contributed by atoms with van der Waals surface area (Å²) in [5.74, 6) is 0. The fourth-order valence-electron chi connectivity index (χ4n) is 1.15. The first-order chi connectivity index (χ1) is 6.89.